The predicted octanol–water partition coefficient (Wildman–Crippen LogP) is 5.81. The number of aryl methyl sites for hydroxylation is 3. The van der Waals surface area contributed by atoms with Crippen LogP contribution in [0.15, 0.2) is 30.3 Å². The number of aliphatic carboxylic acids is 1. The van der Waals surface area contributed by atoms with Crippen LogP contribution in [0.3, 0.4) is 0 Å². The maximum atomic E-state index is 13.0. The van der Waals surface area contributed by atoms with E-state index in [4.69, 9.17) is 5.11 Å². The van der Waals surface area contributed by atoms with Crippen molar-refractivity contribution in [3.05, 3.63) is 63.7 Å². The monoisotopic (exact) mass is 417 g/mol. The molecule has 1 amide bonds. The van der Waals surface area contributed by atoms with E-state index < -0.39 is 5.97 Å². The minimum absolute atomic E-state index is 0.0740. The minimum Gasteiger partial charge on any atom is -0.481 e. The zero-order chi connectivity index (χ0) is 22.4. The second-order valence-electron chi connectivity index (χ2n) is 8.67. The first-order chi connectivity index (χ1) is 14.8. The highest BCUT2D eigenvalue weighted by atomic mass is 16.4. The van der Waals surface area contributed by atoms with E-state index in [1.807, 2.05) is 39.0 Å². The van der Waals surface area contributed by atoms with Crippen molar-refractivity contribution in [3.8, 4) is 11.8 Å². The lowest BCUT2D eigenvalue weighted by atomic mass is 9.87. The third-order valence-electron chi connectivity index (χ3n) is 6.01. The van der Waals surface area contributed by atoms with Gasteiger partial charge in [0.2, 0.25) is 0 Å². The van der Waals surface area contributed by atoms with Crippen LogP contribution in [-0.2, 0) is 11.2 Å². The Balaban J connectivity index is 1.74. The highest BCUT2D eigenvalue weighted by Gasteiger charge is 2.15. The fourth-order valence-electron chi connectivity index (χ4n) is 4.36. The van der Waals surface area contributed by atoms with Gasteiger partial charge in [-0.1, -0.05) is 43.2 Å². The number of rotatable bonds is 5. The van der Waals surface area contributed by atoms with Gasteiger partial charge in [-0.25, -0.2) is 0 Å². The van der Waals surface area contributed by atoms with Crippen molar-refractivity contribution in [3.63, 3.8) is 0 Å². The van der Waals surface area contributed by atoms with Crippen molar-refractivity contribution in [2.75, 3.05) is 5.32 Å². The van der Waals surface area contributed by atoms with Gasteiger partial charge in [0, 0.05) is 23.2 Å². The molecule has 1 saturated carbocycles. The lowest BCUT2D eigenvalue weighted by Crippen LogP contribution is -2.16. The molecule has 4 nitrogen and oxygen atoms in total. The van der Waals surface area contributed by atoms with Gasteiger partial charge in [0.15, 0.2) is 0 Å². The average molecular weight is 418 g/mol. The minimum atomic E-state index is -0.895. The number of hydrogen-bond acceptors (Lipinski definition) is 2. The summed E-state index contributed by atoms with van der Waals surface area (Å²) in [5, 5.41) is 12.0. The maximum absolute atomic E-state index is 13.0. The highest BCUT2D eigenvalue weighted by Crippen LogP contribution is 2.26. The van der Waals surface area contributed by atoms with E-state index >= 15 is 0 Å². The number of hydrogen-bond donors (Lipinski definition) is 2. The Labute approximate surface area is 185 Å². The Morgan fingerprint density at radius 1 is 1.00 bits per heavy atom. The number of carboxylic acids is 1. The molecule has 0 saturated heterocycles. The van der Waals surface area contributed by atoms with Gasteiger partial charge in [-0.05, 0) is 80.0 Å². The third kappa shape index (κ3) is 6.21. The lowest BCUT2D eigenvalue weighted by molar-refractivity contribution is -0.136. The third-order valence-corrected chi connectivity index (χ3v) is 6.01. The Hall–Kier alpha value is -3.06. The molecular weight excluding hydrogens is 386 g/mol. The van der Waals surface area contributed by atoms with E-state index in [0.29, 0.717) is 16.8 Å². The number of benzene rings is 2. The van der Waals surface area contributed by atoms with E-state index in [-0.39, 0.29) is 12.3 Å². The standard InChI is InChI=1S/C27H31NO3/c1-18-12-13-23(17-25(29)30)16-24(18)28-27(31)26-19(2)14-22(15-20(26)3)11-7-10-21-8-5-4-6-9-21/h12-16,21H,4-6,8-10,17H2,1-3H3,(H,28,31)(H,29,30). The maximum Gasteiger partial charge on any atom is 0.307 e. The summed E-state index contributed by atoms with van der Waals surface area (Å²) in [6.07, 6.45) is 7.47. The first-order valence-electron chi connectivity index (χ1n) is 11.1. The fourth-order valence-corrected chi connectivity index (χ4v) is 4.36. The Kier molecular flexibility index (Phi) is 7.52. The van der Waals surface area contributed by atoms with Crippen molar-refractivity contribution in [2.45, 2.75) is 65.7 Å². The molecule has 1 aliphatic carbocycles. The van der Waals surface area contributed by atoms with E-state index in [1.165, 1.54) is 32.1 Å². The molecule has 0 atom stereocenters. The highest BCUT2D eigenvalue weighted by molar-refractivity contribution is 6.06. The van der Waals surface area contributed by atoms with Crippen LogP contribution in [0.2, 0.25) is 0 Å². The molecule has 0 aliphatic heterocycles. The SMILES string of the molecule is Cc1ccc(CC(=O)O)cc1NC(=O)c1c(C)cc(C#CCC2CCCCC2)cc1C. The van der Waals surface area contributed by atoms with Gasteiger partial charge in [-0.15, -0.1) is 0 Å². The van der Waals surface area contributed by atoms with E-state index in [0.717, 1.165) is 34.6 Å². The Morgan fingerprint density at radius 3 is 2.32 bits per heavy atom. The van der Waals surface area contributed by atoms with Crippen molar-refractivity contribution < 1.29 is 14.7 Å². The van der Waals surface area contributed by atoms with Crippen LogP contribution in [0, 0.1) is 38.5 Å². The molecule has 2 N–H and O–H groups in total. The first-order valence-corrected chi connectivity index (χ1v) is 11.1. The zero-order valence-corrected chi connectivity index (χ0v) is 18.7. The van der Waals surface area contributed by atoms with Gasteiger partial charge in [0.05, 0.1) is 6.42 Å². The van der Waals surface area contributed by atoms with Crippen LogP contribution < -0.4 is 5.32 Å². The van der Waals surface area contributed by atoms with Gasteiger partial charge in [-0.3, -0.25) is 9.59 Å². The van der Waals surface area contributed by atoms with Crippen molar-refractivity contribution in [2.24, 2.45) is 5.92 Å². The summed E-state index contributed by atoms with van der Waals surface area (Å²) >= 11 is 0. The average Bonchev–Trinajstić information content (AvgIpc) is 2.70. The van der Waals surface area contributed by atoms with Crippen molar-refractivity contribution in [1.82, 2.24) is 0 Å². The second-order valence-corrected chi connectivity index (χ2v) is 8.67. The second kappa shape index (κ2) is 10.3. The smallest absolute Gasteiger partial charge is 0.307 e. The summed E-state index contributed by atoms with van der Waals surface area (Å²) in [5.41, 5.74) is 5.55. The summed E-state index contributed by atoms with van der Waals surface area (Å²) in [5.74, 6) is 6.28. The number of amides is 1. The van der Waals surface area contributed by atoms with E-state index in [2.05, 4.69) is 17.2 Å². The topological polar surface area (TPSA) is 66.4 Å². The van der Waals surface area contributed by atoms with Gasteiger partial charge in [0.25, 0.3) is 5.91 Å². The number of carbonyl (C=O) groups excluding carboxylic acids is 1. The molecule has 1 aliphatic rings. The molecule has 3 rings (SSSR count). The molecule has 2 aromatic carbocycles. The molecule has 4 heteroatoms. The summed E-state index contributed by atoms with van der Waals surface area (Å²) in [6, 6.07) is 9.29. The summed E-state index contributed by atoms with van der Waals surface area (Å²) < 4.78 is 0. The molecule has 0 radical (unpaired) electrons. The Morgan fingerprint density at radius 2 is 1.68 bits per heavy atom. The van der Waals surface area contributed by atoms with Crippen LogP contribution in [0.1, 0.15) is 76.7 Å². The van der Waals surface area contributed by atoms with Crippen LogP contribution >= 0.6 is 0 Å². The zero-order valence-electron chi connectivity index (χ0n) is 18.7. The van der Waals surface area contributed by atoms with Gasteiger partial charge < -0.3 is 10.4 Å². The number of carboxylic acid groups (broad SMARTS) is 1. The molecule has 31 heavy (non-hydrogen) atoms. The molecule has 0 heterocycles. The lowest BCUT2D eigenvalue weighted by Gasteiger charge is -2.18. The Bertz CT molecular complexity index is 1010. The van der Waals surface area contributed by atoms with Crippen LogP contribution in [0.25, 0.3) is 0 Å². The predicted molar refractivity (Wildman–Crippen MR) is 124 cm³/mol. The molecule has 0 unspecified atom stereocenters. The summed E-state index contributed by atoms with van der Waals surface area (Å²) in [4.78, 5) is 24.0. The van der Waals surface area contributed by atoms with Crippen molar-refractivity contribution in [1.29, 1.82) is 0 Å². The normalized spacial score (nSPS) is 13.9. The molecule has 0 spiro atoms. The number of carbonyl (C=O) groups is 2. The van der Waals surface area contributed by atoms with Crippen LogP contribution in [0.5, 0.6) is 0 Å². The molecule has 1 fully saturated rings. The molecule has 0 bridgehead atoms. The van der Waals surface area contributed by atoms with Gasteiger partial charge >= 0.3 is 5.97 Å². The number of nitrogens with one attached hydrogen (secondary N) is 1. The van der Waals surface area contributed by atoms with E-state index in [1.54, 1.807) is 12.1 Å². The van der Waals surface area contributed by atoms with Crippen LogP contribution in [-0.4, -0.2) is 17.0 Å². The van der Waals surface area contributed by atoms with Gasteiger partial charge in [0.1, 0.15) is 0 Å². The molecule has 2 aromatic rings. The van der Waals surface area contributed by atoms with E-state index in [9.17, 15) is 9.59 Å². The first kappa shape index (κ1) is 22.6. The molecular formula is C27H31NO3. The largest absolute Gasteiger partial charge is 0.481 e. The summed E-state index contributed by atoms with van der Waals surface area (Å²) in [6.45, 7) is 5.76. The summed E-state index contributed by atoms with van der Waals surface area (Å²) in [7, 11) is 0. The molecule has 162 valence electrons. The molecule has 0 aromatic heterocycles. The van der Waals surface area contributed by atoms with Gasteiger partial charge in [-0.2, -0.15) is 0 Å². The quantitative estimate of drug-likeness (QED) is 0.603. The van der Waals surface area contributed by atoms with Crippen molar-refractivity contribution >= 4 is 17.6 Å². The van der Waals surface area contributed by atoms with Crippen LogP contribution in [0.4, 0.5) is 5.69 Å². The number of anilines is 1. The fraction of sp³-hybridized carbons (Fsp3) is 0.407.